The van der Waals surface area contributed by atoms with E-state index in [1.807, 2.05) is 0 Å². The average molecular weight is 275 g/mol. The summed E-state index contributed by atoms with van der Waals surface area (Å²) in [6.07, 6.45) is 4.60. The zero-order chi connectivity index (χ0) is 14.5. The summed E-state index contributed by atoms with van der Waals surface area (Å²) < 4.78 is 18.5. The van der Waals surface area contributed by atoms with E-state index in [-0.39, 0.29) is 11.3 Å². The Bertz CT molecular complexity index is 662. The van der Waals surface area contributed by atoms with Gasteiger partial charge >= 0.3 is 5.97 Å². The molecule has 2 rings (SSSR count). The quantitative estimate of drug-likeness (QED) is 0.841. The van der Waals surface area contributed by atoms with Crippen molar-refractivity contribution in [3.8, 4) is 0 Å². The molecule has 0 unspecified atom stereocenters. The van der Waals surface area contributed by atoms with Crippen LogP contribution in [0, 0.1) is 5.82 Å². The van der Waals surface area contributed by atoms with Crippen LogP contribution in [0.15, 0.2) is 47.3 Å². The second-order valence-electron chi connectivity index (χ2n) is 3.87. The topological polar surface area (TPSA) is 79.5 Å². The number of aliphatic carboxylic acids is 1. The predicted octanol–water partition coefficient (Wildman–Crippen LogP) is 2.77. The molecule has 0 aliphatic heterocycles. The third-order valence-electron chi connectivity index (χ3n) is 2.45. The van der Waals surface area contributed by atoms with E-state index in [9.17, 15) is 14.0 Å². The zero-order valence-electron chi connectivity index (χ0n) is 10.2. The Morgan fingerprint density at radius 1 is 1.30 bits per heavy atom. The van der Waals surface area contributed by atoms with Gasteiger partial charge in [-0.1, -0.05) is 0 Å². The van der Waals surface area contributed by atoms with Crippen LogP contribution in [0.1, 0.15) is 15.9 Å². The van der Waals surface area contributed by atoms with E-state index < -0.39 is 17.7 Å². The fraction of sp³-hybridized carbons (Fsp3) is 0. The van der Waals surface area contributed by atoms with Crippen molar-refractivity contribution in [3.63, 3.8) is 0 Å². The van der Waals surface area contributed by atoms with Crippen LogP contribution in [-0.2, 0) is 4.79 Å². The van der Waals surface area contributed by atoms with Gasteiger partial charge in [-0.15, -0.1) is 0 Å². The van der Waals surface area contributed by atoms with Gasteiger partial charge in [0, 0.05) is 17.3 Å². The fourth-order valence-electron chi connectivity index (χ4n) is 1.50. The average Bonchev–Trinajstić information content (AvgIpc) is 2.91. The number of carbonyl (C=O) groups excluding carboxylic acids is 1. The maximum Gasteiger partial charge on any atom is 0.328 e. The highest BCUT2D eigenvalue weighted by atomic mass is 19.1. The molecule has 1 aromatic carbocycles. The van der Waals surface area contributed by atoms with Gasteiger partial charge in [-0.3, -0.25) is 4.79 Å². The number of furan rings is 1. The van der Waals surface area contributed by atoms with Crippen molar-refractivity contribution < 1.29 is 23.5 Å². The summed E-state index contributed by atoms with van der Waals surface area (Å²) in [4.78, 5) is 22.1. The summed E-state index contributed by atoms with van der Waals surface area (Å²) >= 11 is 0. The first kappa shape index (κ1) is 13.5. The molecule has 0 atom stereocenters. The first-order valence-electron chi connectivity index (χ1n) is 5.60. The van der Waals surface area contributed by atoms with E-state index in [2.05, 4.69) is 5.32 Å². The number of rotatable bonds is 4. The van der Waals surface area contributed by atoms with E-state index >= 15 is 0 Å². The van der Waals surface area contributed by atoms with Crippen molar-refractivity contribution in [3.05, 3.63) is 59.8 Å². The molecule has 0 saturated carbocycles. The van der Waals surface area contributed by atoms with E-state index in [1.54, 1.807) is 0 Å². The Balaban J connectivity index is 2.13. The molecule has 0 radical (unpaired) electrons. The molecule has 1 amide bonds. The van der Waals surface area contributed by atoms with Gasteiger partial charge in [0.2, 0.25) is 0 Å². The van der Waals surface area contributed by atoms with Crippen LogP contribution in [0.2, 0.25) is 0 Å². The number of benzene rings is 1. The van der Waals surface area contributed by atoms with Crippen molar-refractivity contribution in [2.45, 2.75) is 0 Å². The van der Waals surface area contributed by atoms with Crippen LogP contribution in [-0.4, -0.2) is 17.0 Å². The molecular formula is C14H10FNO4. The SMILES string of the molecule is O=C(O)C=Cc1ccc(NC(=O)c2ccoc2)cc1F. The molecule has 0 saturated heterocycles. The lowest BCUT2D eigenvalue weighted by atomic mass is 10.1. The molecular weight excluding hydrogens is 265 g/mol. The van der Waals surface area contributed by atoms with Gasteiger partial charge in [0.15, 0.2) is 0 Å². The Morgan fingerprint density at radius 3 is 2.70 bits per heavy atom. The predicted molar refractivity (Wildman–Crippen MR) is 69.7 cm³/mol. The van der Waals surface area contributed by atoms with Gasteiger partial charge in [-0.25, -0.2) is 9.18 Å². The molecule has 0 aliphatic rings. The van der Waals surface area contributed by atoms with Crippen molar-refractivity contribution in [1.29, 1.82) is 0 Å². The molecule has 0 fully saturated rings. The second-order valence-corrected chi connectivity index (χ2v) is 3.87. The van der Waals surface area contributed by atoms with Crippen LogP contribution in [0.25, 0.3) is 6.08 Å². The minimum Gasteiger partial charge on any atom is -0.478 e. The van der Waals surface area contributed by atoms with Gasteiger partial charge < -0.3 is 14.8 Å². The summed E-state index contributed by atoms with van der Waals surface area (Å²) in [6.45, 7) is 0. The van der Waals surface area contributed by atoms with E-state index in [1.165, 1.54) is 30.7 Å². The Hall–Kier alpha value is -2.89. The number of nitrogens with one attached hydrogen (secondary N) is 1. The van der Waals surface area contributed by atoms with Crippen LogP contribution in [0.3, 0.4) is 0 Å². The van der Waals surface area contributed by atoms with Gasteiger partial charge in [-0.2, -0.15) is 0 Å². The molecule has 5 nitrogen and oxygen atoms in total. The molecule has 102 valence electrons. The molecule has 6 heteroatoms. The molecule has 1 heterocycles. The first-order chi connectivity index (χ1) is 9.56. The molecule has 2 aromatic rings. The summed E-state index contributed by atoms with van der Waals surface area (Å²) in [5.41, 5.74) is 0.704. The summed E-state index contributed by atoms with van der Waals surface area (Å²) in [7, 11) is 0. The number of hydrogen-bond acceptors (Lipinski definition) is 3. The molecule has 0 bridgehead atoms. The Morgan fingerprint density at radius 2 is 2.10 bits per heavy atom. The van der Waals surface area contributed by atoms with E-state index in [0.717, 1.165) is 18.2 Å². The second kappa shape index (κ2) is 5.83. The number of halogens is 1. The molecule has 1 aromatic heterocycles. The lowest BCUT2D eigenvalue weighted by molar-refractivity contribution is -0.131. The number of carboxylic acids is 1. The summed E-state index contributed by atoms with van der Waals surface area (Å²) in [5, 5.41) is 11.0. The maximum absolute atomic E-state index is 13.7. The standard InChI is InChI=1S/C14H10FNO4/c15-12-7-11(3-1-9(12)2-4-13(17)18)16-14(19)10-5-6-20-8-10/h1-8H,(H,16,19)(H,17,18). The first-order valence-corrected chi connectivity index (χ1v) is 5.60. The number of hydrogen-bond donors (Lipinski definition) is 2. The highest BCUT2D eigenvalue weighted by Crippen LogP contribution is 2.17. The number of carboxylic acid groups (broad SMARTS) is 1. The summed E-state index contributed by atoms with van der Waals surface area (Å²) in [5.74, 6) is -2.22. The largest absolute Gasteiger partial charge is 0.478 e. The number of anilines is 1. The van der Waals surface area contributed by atoms with Crippen LogP contribution < -0.4 is 5.32 Å². The highest BCUT2D eigenvalue weighted by Gasteiger charge is 2.08. The lowest BCUT2D eigenvalue weighted by Crippen LogP contribution is -2.11. The van der Waals surface area contributed by atoms with Crippen molar-refractivity contribution in [1.82, 2.24) is 0 Å². The van der Waals surface area contributed by atoms with Gasteiger partial charge in [0.05, 0.1) is 11.8 Å². The maximum atomic E-state index is 13.7. The molecule has 20 heavy (non-hydrogen) atoms. The number of carbonyl (C=O) groups is 2. The van der Waals surface area contributed by atoms with Gasteiger partial charge in [-0.05, 0) is 30.3 Å². The minimum absolute atomic E-state index is 0.119. The lowest BCUT2D eigenvalue weighted by Gasteiger charge is -2.05. The third-order valence-corrected chi connectivity index (χ3v) is 2.45. The van der Waals surface area contributed by atoms with Crippen LogP contribution in [0.4, 0.5) is 10.1 Å². The number of amides is 1. The molecule has 0 aliphatic carbocycles. The Labute approximate surface area is 113 Å². The van der Waals surface area contributed by atoms with E-state index in [4.69, 9.17) is 9.52 Å². The van der Waals surface area contributed by atoms with Gasteiger partial charge in [0.1, 0.15) is 12.1 Å². The summed E-state index contributed by atoms with van der Waals surface area (Å²) in [6, 6.07) is 5.44. The van der Waals surface area contributed by atoms with Crippen molar-refractivity contribution >= 4 is 23.6 Å². The normalized spacial score (nSPS) is 10.7. The minimum atomic E-state index is -1.17. The zero-order valence-corrected chi connectivity index (χ0v) is 10.2. The molecule has 2 N–H and O–H groups in total. The highest BCUT2D eigenvalue weighted by molar-refractivity contribution is 6.04. The monoisotopic (exact) mass is 275 g/mol. The van der Waals surface area contributed by atoms with Crippen LogP contribution >= 0.6 is 0 Å². The van der Waals surface area contributed by atoms with Gasteiger partial charge in [0.25, 0.3) is 5.91 Å². The Kier molecular flexibility index (Phi) is 3.95. The van der Waals surface area contributed by atoms with Crippen LogP contribution in [0.5, 0.6) is 0 Å². The van der Waals surface area contributed by atoms with Crippen molar-refractivity contribution in [2.75, 3.05) is 5.32 Å². The fourth-order valence-corrected chi connectivity index (χ4v) is 1.50. The smallest absolute Gasteiger partial charge is 0.328 e. The van der Waals surface area contributed by atoms with Crippen molar-refractivity contribution in [2.24, 2.45) is 0 Å². The van der Waals surface area contributed by atoms with E-state index in [0.29, 0.717) is 5.56 Å². The third kappa shape index (κ3) is 3.32. The molecule has 0 spiro atoms.